The molecule has 0 saturated carbocycles. The summed E-state index contributed by atoms with van der Waals surface area (Å²) in [6.45, 7) is 5.86. The summed E-state index contributed by atoms with van der Waals surface area (Å²) in [6, 6.07) is 0. The van der Waals surface area contributed by atoms with Gasteiger partial charge < -0.3 is 10.5 Å². The fourth-order valence-electron chi connectivity index (χ4n) is 0.786. The summed E-state index contributed by atoms with van der Waals surface area (Å²) in [7, 11) is 0. The highest BCUT2D eigenvalue weighted by Crippen LogP contribution is 1.99. The normalized spacial score (nSPS) is 7.17. The maximum absolute atomic E-state index is 10.7. The number of nitrogens with two attached hydrogens (primary N) is 1. The summed E-state index contributed by atoms with van der Waals surface area (Å²) in [5.74, 6) is -0.494. The van der Waals surface area contributed by atoms with E-state index in [1.165, 1.54) is 12.8 Å². The smallest absolute Gasteiger partial charge is 0.353 e. The van der Waals surface area contributed by atoms with Crippen LogP contribution in [0.1, 0.15) is 32.6 Å². The number of ether oxygens (including phenoxy) is 1. The molecular formula is C11H19N3O4. The zero-order valence-corrected chi connectivity index (χ0v) is 10.5. The largest absolute Gasteiger partial charge is 0.461 e. The molecule has 0 aliphatic heterocycles. The number of unbranched alkanes of at least 4 members (excludes halogenated alkanes) is 3. The summed E-state index contributed by atoms with van der Waals surface area (Å²) < 4.78 is 4.79. The lowest BCUT2D eigenvalue weighted by Gasteiger charge is -2.02. The monoisotopic (exact) mass is 257 g/mol. The molecule has 4 N–H and O–H groups in total. The number of hydrogen-bond donors (Lipinski definition) is 3. The van der Waals surface area contributed by atoms with Gasteiger partial charge in [0.15, 0.2) is 0 Å². The van der Waals surface area contributed by atoms with Gasteiger partial charge in [-0.25, -0.2) is 25.2 Å². The molecule has 0 aromatic rings. The van der Waals surface area contributed by atoms with Gasteiger partial charge in [0.1, 0.15) is 5.70 Å². The average molecular weight is 257 g/mol. The van der Waals surface area contributed by atoms with E-state index < -0.39 is 5.97 Å². The lowest BCUT2D eigenvalue weighted by atomic mass is 10.2. The van der Waals surface area contributed by atoms with Gasteiger partial charge in [0.25, 0.3) is 0 Å². The molecular weight excluding hydrogens is 238 g/mol. The van der Waals surface area contributed by atoms with Gasteiger partial charge in [-0.05, 0) is 6.42 Å². The van der Waals surface area contributed by atoms with Crippen molar-refractivity contribution in [3.8, 4) is 0 Å². The Morgan fingerprint density at radius 3 is 2.00 bits per heavy atom. The molecule has 0 heterocycles. The summed E-state index contributed by atoms with van der Waals surface area (Å²) >= 11 is 0. The minimum atomic E-state index is -0.494. The molecule has 0 saturated heterocycles. The van der Waals surface area contributed by atoms with Crippen molar-refractivity contribution in [1.82, 2.24) is 0 Å². The highest BCUT2D eigenvalue weighted by atomic mass is 16.5. The van der Waals surface area contributed by atoms with Crippen LogP contribution >= 0.6 is 0 Å². The molecule has 0 aromatic carbocycles. The Hall–Kier alpha value is -2.23. The summed E-state index contributed by atoms with van der Waals surface area (Å²) in [5, 5.41) is 10.8. The molecule has 18 heavy (non-hydrogen) atoms. The van der Waals surface area contributed by atoms with E-state index in [9.17, 15) is 4.79 Å². The van der Waals surface area contributed by atoms with Crippen LogP contribution in [0.3, 0.4) is 0 Å². The van der Waals surface area contributed by atoms with E-state index in [1.807, 2.05) is 0 Å². The molecule has 0 bridgehead atoms. The molecule has 0 fully saturated rings. The zero-order valence-electron chi connectivity index (χ0n) is 10.5. The second kappa shape index (κ2) is 20.2. The van der Waals surface area contributed by atoms with Gasteiger partial charge >= 0.3 is 5.97 Å². The third-order valence-corrected chi connectivity index (χ3v) is 1.49. The van der Waals surface area contributed by atoms with Gasteiger partial charge in [-0.15, -0.1) is 0 Å². The first-order chi connectivity index (χ1) is 8.51. The molecule has 0 unspecified atom stereocenters. The first-order valence-electron chi connectivity index (χ1n) is 5.20. The molecule has 7 nitrogen and oxygen atoms in total. The zero-order chi connectivity index (χ0) is 14.8. The number of rotatable bonds is 6. The standard InChI is InChI=1S/C9H17NO2.2CHNO/c1-3-4-5-6-7-12-9(11)8(2)10;2*2-1-3/h2-7,10H2,1H3;2*2H. The second-order valence-electron chi connectivity index (χ2n) is 2.93. The second-order valence-corrected chi connectivity index (χ2v) is 2.93. The maximum Gasteiger partial charge on any atom is 0.353 e. The van der Waals surface area contributed by atoms with E-state index in [2.05, 4.69) is 13.5 Å². The van der Waals surface area contributed by atoms with Gasteiger partial charge in [0, 0.05) is 0 Å². The van der Waals surface area contributed by atoms with Gasteiger partial charge in [-0.1, -0.05) is 32.8 Å². The fraction of sp³-hybridized carbons (Fsp3) is 0.545. The minimum Gasteiger partial charge on any atom is -0.461 e. The number of esters is 1. The lowest BCUT2D eigenvalue weighted by molar-refractivity contribution is -0.139. The van der Waals surface area contributed by atoms with Crippen LogP contribution in [0.25, 0.3) is 0 Å². The van der Waals surface area contributed by atoms with Crippen LogP contribution in [0.2, 0.25) is 0 Å². The SMILES string of the molecule is C=C(N)C(=O)OCCCCCC.N=C=O.N=C=O. The Morgan fingerprint density at radius 2 is 1.67 bits per heavy atom. The van der Waals surface area contributed by atoms with Crippen LogP contribution in [0, 0.1) is 10.8 Å². The number of carbonyl (C=O) groups excluding carboxylic acids is 3. The van der Waals surface area contributed by atoms with Crippen LogP contribution in [-0.4, -0.2) is 24.7 Å². The van der Waals surface area contributed by atoms with E-state index in [1.54, 1.807) is 0 Å². The Kier molecular flexibility index (Phi) is 23.7. The highest BCUT2D eigenvalue weighted by Gasteiger charge is 2.01. The summed E-state index contributed by atoms with van der Waals surface area (Å²) in [5.41, 5.74) is 5.09. The van der Waals surface area contributed by atoms with E-state index in [0.717, 1.165) is 25.0 Å². The Bertz CT molecular complexity index is 279. The summed E-state index contributed by atoms with van der Waals surface area (Å²) in [4.78, 5) is 27.4. The quantitative estimate of drug-likeness (QED) is 0.217. The molecule has 102 valence electrons. The fourth-order valence-corrected chi connectivity index (χ4v) is 0.786. The van der Waals surface area contributed by atoms with Crippen molar-refractivity contribution >= 4 is 18.1 Å². The van der Waals surface area contributed by atoms with Crippen LogP contribution in [0.5, 0.6) is 0 Å². The van der Waals surface area contributed by atoms with E-state index in [-0.39, 0.29) is 5.70 Å². The molecule has 0 rings (SSSR count). The Labute approximate surface area is 106 Å². The van der Waals surface area contributed by atoms with Crippen molar-refractivity contribution in [2.45, 2.75) is 32.6 Å². The Balaban J connectivity index is -0.000000315. The van der Waals surface area contributed by atoms with Crippen molar-refractivity contribution in [3.05, 3.63) is 12.3 Å². The topological polar surface area (TPSA) is 134 Å². The van der Waals surface area contributed by atoms with Crippen LogP contribution in [-0.2, 0) is 19.1 Å². The first-order valence-corrected chi connectivity index (χ1v) is 5.20. The van der Waals surface area contributed by atoms with Crippen molar-refractivity contribution in [1.29, 1.82) is 10.8 Å². The van der Waals surface area contributed by atoms with Crippen molar-refractivity contribution < 1.29 is 19.1 Å². The third kappa shape index (κ3) is 29.2. The minimum absolute atomic E-state index is 0.0227. The number of nitrogens with one attached hydrogen (secondary N) is 2. The third-order valence-electron chi connectivity index (χ3n) is 1.49. The van der Waals surface area contributed by atoms with Crippen LogP contribution in [0.15, 0.2) is 12.3 Å². The molecule has 0 spiro atoms. The van der Waals surface area contributed by atoms with Crippen molar-refractivity contribution in [2.75, 3.05) is 6.61 Å². The predicted molar refractivity (Wildman–Crippen MR) is 65.3 cm³/mol. The van der Waals surface area contributed by atoms with Gasteiger partial charge in [-0.2, -0.15) is 0 Å². The van der Waals surface area contributed by atoms with Gasteiger partial charge in [0.05, 0.1) is 6.61 Å². The molecule has 0 aliphatic rings. The van der Waals surface area contributed by atoms with Crippen molar-refractivity contribution in [3.63, 3.8) is 0 Å². The maximum atomic E-state index is 10.7. The van der Waals surface area contributed by atoms with Crippen LogP contribution < -0.4 is 5.73 Å². The average Bonchev–Trinajstić information content (AvgIpc) is 2.30. The lowest BCUT2D eigenvalue weighted by Crippen LogP contribution is -2.13. The van der Waals surface area contributed by atoms with E-state index >= 15 is 0 Å². The first kappa shape index (κ1) is 21.1. The molecule has 0 amide bonds. The Morgan fingerprint density at radius 1 is 1.22 bits per heavy atom. The summed E-state index contributed by atoms with van der Waals surface area (Å²) in [6.07, 6.45) is 5.87. The van der Waals surface area contributed by atoms with Crippen molar-refractivity contribution in [2.24, 2.45) is 5.73 Å². The molecule has 0 atom stereocenters. The number of hydrogen-bond acceptors (Lipinski definition) is 7. The molecule has 0 aromatic heterocycles. The van der Waals surface area contributed by atoms with E-state index in [4.69, 9.17) is 30.9 Å². The highest BCUT2D eigenvalue weighted by molar-refractivity contribution is 5.86. The predicted octanol–water partition coefficient (Wildman–Crippen LogP) is 1.38. The molecule has 7 heteroatoms. The number of carbonyl (C=O) groups is 1. The van der Waals surface area contributed by atoms with Crippen LogP contribution in [0.4, 0.5) is 0 Å². The number of isocyanates is 2. The van der Waals surface area contributed by atoms with E-state index in [0.29, 0.717) is 6.61 Å². The molecule has 0 radical (unpaired) electrons. The van der Waals surface area contributed by atoms with Gasteiger partial charge in [-0.3, -0.25) is 0 Å². The van der Waals surface area contributed by atoms with Gasteiger partial charge in [0.2, 0.25) is 12.2 Å². The molecule has 0 aliphatic carbocycles.